The third kappa shape index (κ3) is 5.32. The summed E-state index contributed by atoms with van der Waals surface area (Å²) in [6.45, 7) is 1.10. The number of hydrogen-bond donors (Lipinski definition) is 2. The number of carbonyl (C=O) groups excluding carboxylic acids is 3. The van der Waals surface area contributed by atoms with Gasteiger partial charge in [0, 0.05) is 6.20 Å². The SMILES string of the molecule is C[C@@H](OC(=O)CNC(=O)c1cccs1)C(=O)Nc1ccc(Cl)cn1. The number of halogens is 1. The Morgan fingerprint density at radius 1 is 1.33 bits per heavy atom. The fraction of sp³-hybridized carbons (Fsp3) is 0.200. The molecule has 9 heteroatoms. The molecule has 0 bridgehead atoms. The summed E-state index contributed by atoms with van der Waals surface area (Å²) in [6, 6.07) is 6.46. The van der Waals surface area contributed by atoms with E-state index in [2.05, 4.69) is 15.6 Å². The van der Waals surface area contributed by atoms with Gasteiger partial charge in [-0.2, -0.15) is 0 Å². The van der Waals surface area contributed by atoms with Crippen LogP contribution in [0.5, 0.6) is 0 Å². The number of carbonyl (C=O) groups is 3. The van der Waals surface area contributed by atoms with Crippen molar-refractivity contribution in [1.82, 2.24) is 10.3 Å². The molecular weight excluding hydrogens is 354 g/mol. The predicted molar refractivity (Wildman–Crippen MR) is 90.1 cm³/mol. The first-order valence-electron chi connectivity index (χ1n) is 6.89. The average Bonchev–Trinajstić information content (AvgIpc) is 3.09. The van der Waals surface area contributed by atoms with Crippen LogP contribution in [-0.4, -0.2) is 35.4 Å². The number of nitrogens with one attached hydrogen (secondary N) is 2. The lowest BCUT2D eigenvalue weighted by Crippen LogP contribution is -2.35. The Morgan fingerprint density at radius 2 is 2.12 bits per heavy atom. The van der Waals surface area contributed by atoms with Gasteiger partial charge in [-0.25, -0.2) is 4.98 Å². The zero-order valence-electron chi connectivity index (χ0n) is 12.6. The molecule has 2 aromatic heterocycles. The van der Waals surface area contributed by atoms with Gasteiger partial charge in [-0.3, -0.25) is 14.4 Å². The van der Waals surface area contributed by atoms with Crippen molar-refractivity contribution in [2.75, 3.05) is 11.9 Å². The molecule has 2 N–H and O–H groups in total. The summed E-state index contributed by atoms with van der Waals surface area (Å²) in [5, 5.41) is 7.11. The van der Waals surface area contributed by atoms with Gasteiger partial charge < -0.3 is 15.4 Å². The summed E-state index contributed by atoms with van der Waals surface area (Å²) in [6.07, 6.45) is 0.349. The minimum atomic E-state index is -1.03. The molecule has 24 heavy (non-hydrogen) atoms. The number of nitrogens with zero attached hydrogens (tertiary/aromatic N) is 1. The van der Waals surface area contributed by atoms with Gasteiger partial charge in [-0.1, -0.05) is 17.7 Å². The number of ether oxygens (including phenoxy) is 1. The van der Waals surface area contributed by atoms with Crippen molar-refractivity contribution in [1.29, 1.82) is 0 Å². The first-order chi connectivity index (χ1) is 11.5. The first-order valence-corrected chi connectivity index (χ1v) is 8.15. The van der Waals surface area contributed by atoms with Crippen molar-refractivity contribution in [2.45, 2.75) is 13.0 Å². The minimum Gasteiger partial charge on any atom is -0.451 e. The smallest absolute Gasteiger partial charge is 0.326 e. The standard InChI is InChI=1S/C15H14ClN3O4S/c1-9(14(21)19-12-5-4-10(16)7-17-12)23-13(20)8-18-15(22)11-3-2-6-24-11/h2-7,9H,8H2,1H3,(H,18,22)(H,17,19,21)/t9-/m1/s1. The molecule has 0 aliphatic carbocycles. The molecule has 0 unspecified atom stereocenters. The van der Waals surface area contributed by atoms with Crippen LogP contribution in [-0.2, 0) is 14.3 Å². The quantitative estimate of drug-likeness (QED) is 0.762. The second-order valence-corrected chi connectivity index (χ2v) is 6.03. The highest BCUT2D eigenvalue weighted by Gasteiger charge is 2.19. The lowest BCUT2D eigenvalue weighted by Gasteiger charge is -2.13. The van der Waals surface area contributed by atoms with Crippen LogP contribution in [0.4, 0.5) is 5.82 Å². The summed E-state index contributed by atoms with van der Waals surface area (Å²) in [5.74, 6) is -1.34. The van der Waals surface area contributed by atoms with Crippen LogP contribution in [0.25, 0.3) is 0 Å². The van der Waals surface area contributed by atoms with Crippen LogP contribution in [0.1, 0.15) is 16.6 Å². The van der Waals surface area contributed by atoms with E-state index in [0.29, 0.717) is 15.7 Å². The minimum absolute atomic E-state index is 0.290. The number of hydrogen-bond acceptors (Lipinski definition) is 6. The Bertz CT molecular complexity index is 719. The molecule has 0 aromatic carbocycles. The van der Waals surface area contributed by atoms with Crippen LogP contribution >= 0.6 is 22.9 Å². The van der Waals surface area contributed by atoms with Gasteiger partial charge in [0.05, 0.1) is 9.90 Å². The lowest BCUT2D eigenvalue weighted by molar-refractivity contribution is -0.152. The molecular formula is C15H14ClN3O4S. The highest BCUT2D eigenvalue weighted by Crippen LogP contribution is 2.10. The number of aromatic nitrogens is 1. The average molecular weight is 368 g/mol. The Hall–Kier alpha value is -2.45. The van der Waals surface area contributed by atoms with E-state index < -0.39 is 18.0 Å². The van der Waals surface area contributed by atoms with E-state index in [-0.39, 0.29) is 12.5 Å². The molecule has 1 atom stereocenters. The Morgan fingerprint density at radius 3 is 2.75 bits per heavy atom. The fourth-order valence-electron chi connectivity index (χ4n) is 1.62. The molecule has 2 aromatic rings. The topological polar surface area (TPSA) is 97.4 Å². The summed E-state index contributed by atoms with van der Waals surface area (Å²) >= 11 is 6.96. The molecule has 0 aliphatic heterocycles. The van der Waals surface area contributed by atoms with Crippen LogP contribution in [0.3, 0.4) is 0 Å². The van der Waals surface area contributed by atoms with Crippen LogP contribution in [0, 0.1) is 0 Å². The highest BCUT2D eigenvalue weighted by molar-refractivity contribution is 7.12. The highest BCUT2D eigenvalue weighted by atomic mass is 35.5. The van der Waals surface area contributed by atoms with Crippen LogP contribution in [0.15, 0.2) is 35.8 Å². The second kappa shape index (κ2) is 8.42. The lowest BCUT2D eigenvalue weighted by atomic mass is 10.3. The van der Waals surface area contributed by atoms with Crippen LogP contribution < -0.4 is 10.6 Å². The van der Waals surface area contributed by atoms with Gasteiger partial charge in [0.1, 0.15) is 12.4 Å². The van der Waals surface area contributed by atoms with E-state index in [1.807, 2.05) is 0 Å². The predicted octanol–water partition coefficient (Wildman–Crippen LogP) is 2.10. The van der Waals surface area contributed by atoms with Crippen molar-refractivity contribution in [3.63, 3.8) is 0 Å². The van der Waals surface area contributed by atoms with E-state index in [1.165, 1.54) is 30.5 Å². The molecule has 0 saturated carbocycles. The largest absolute Gasteiger partial charge is 0.451 e. The van der Waals surface area contributed by atoms with Gasteiger partial charge in [0.2, 0.25) is 0 Å². The zero-order valence-corrected chi connectivity index (χ0v) is 14.2. The van der Waals surface area contributed by atoms with Gasteiger partial charge in [0.15, 0.2) is 6.10 Å². The number of rotatable bonds is 6. The molecule has 2 heterocycles. The maximum atomic E-state index is 11.9. The number of amides is 2. The maximum Gasteiger partial charge on any atom is 0.326 e. The van der Waals surface area contributed by atoms with E-state index in [9.17, 15) is 14.4 Å². The number of esters is 1. The fourth-order valence-corrected chi connectivity index (χ4v) is 2.37. The molecule has 0 fully saturated rings. The van der Waals surface area contributed by atoms with E-state index in [1.54, 1.807) is 23.6 Å². The van der Waals surface area contributed by atoms with E-state index in [4.69, 9.17) is 16.3 Å². The van der Waals surface area contributed by atoms with Gasteiger partial charge in [-0.15, -0.1) is 11.3 Å². The molecule has 0 spiro atoms. The molecule has 126 valence electrons. The van der Waals surface area contributed by atoms with Gasteiger partial charge in [0.25, 0.3) is 11.8 Å². The second-order valence-electron chi connectivity index (χ2n) is 4.64. The monoisotopic (exact) mass is 367 g/mol. The molecule has 0 saturated heterocycles. The van der Waals surface area contributed by atoms with Crippen molar-refractivity contribution in [3.05, 3.63) is 45.7 Å². The molecule has 7 nitrogen and oxygen atoms in total. The zero-order chi connectivity index (χ0) is 17.5. The Labute approximate surface area is 147 Å². The van der Waals surface area contributed by atoms with E-state index >= 15 is 0 Å². The molecule has 0 aliphatic rings. The summed E-state index contributed by atoms with van der Waals surface area (Å²) in [4.78, 5) is 39.7. The van der Waals surface area contributed by atoms with Gasteiger partial charge in [-0.05, 0) is 30.5 Å². The number of anilines is 1. The molecule has 2 amide bonds. The summed E-state index contributed by atoms with van der Waals surface area (Å²) in [5.41, 5.74) is 0. The van der Waals surface area contributed by atoms with Crippen LogP contribution in [0.2, 0.25) is 5.02 Å². The third-order valence-corrected chi connectivity index (χ3v) is 3.89. The molecule has 0 radical (unpaired) electrons. The van der Waals surface area contributed by atoms with Crippen molar-refractivity contribution < 1.29 is 19.1 Å². The van der Waals surface area contributed by atoms with Crippen molar-refractivity contribution in [3.8, 4) is 0 Å². The summed E-state index contributed by atoms with van der Waals surface area (Å²) in [7, 11) is 0. The first kappa shape index (κ1) is 17.9. The number of pyridine rings is 1. The molecule has 2 rings (SSSR count). The van der Waals surface area contributed by atoms with Gasteiger partial charge >= 0.3 is 5.97 Å². The van der Waals surface area contributed by atoms with Crippen molar-refractivity contribution in [2.24, 2.45) is 0 Å². The normalized spacial score (nSPS) is 11.4. The summed E-state index contributed by atoms with van der Waals surface area (Å²) < 4.78 is 4.96. The van der Waals surface area contributed by atoms with Crippen molar-refractivity contribution >= 4 is 46.5 Å². The maximum absolute atomic E-state index is 11.9. The Balaban J connectivity index is 1.77. The number of thiophene rings is 1. The van der Waals surface area contributed by atoms with E-state index in [0.717, 1.165) is 0 Å². The third-order valence-electron chi connectivity index (χ3n) is 2.79. The Kier molecular flexibility index (Phi) is 6.28.